The lowest BCUT2D eigenvalue weighted by Gasteiger charge is -2.37. The summed E-state index contributed by atoms with van der Waals surface area (Å²) in [4.78, 5) is 12.9. The lowest BCUT2D eigenvalue weighted by molar-refractivity contribution is -0.275. The maximum Gasteiger partial charge on any atom is 0.573 e. The summed E-state index contributed by atoms with van der Waals surface area (Å²) in [5.74, 6) is -2.68. The number of halogens is 9. The van der Waals surface area contributed by atoms with Gasteiger partial charge >= 0.3 is 18.9 Å². The van der Waals surface area contributed by atoms with Gasteiger partial charge in [0.25, 0.3) is 0 Å². The van der Waals surface area contributed by atoms with E-state index in [-0.39, 0.29) is 17.5 Å². The molecule has 220 valence electrons. The second-order valence-corrected chi connectivity index (χ2v) is 9.66. The third kappa shape index (κ3) is 7.06. The lowest BCUT2D eigenvalue weighted by atomic mass is 9.70. The maximum absolute atomic E-state index is 13.7. The van der Waals surface area contributed by atoms with Gasteiger partial charge in [0.2, 0.25) is 5.91 Å². The fourth-order valence-corrected chi connectivity index (χ4v) is 4.73. The van der Waals surface area contributed by atoms with Crippen LogP contribution in [-0.2, 0) is 16.6 Å². The Morgan fingerprint density at radius 1 is 0.707 bits per heavy atom. The molecule has 4 nitrogen and oxygen atoms in total. The molecule has 4 rings (SSSR count). The van der Waals surface area contributed by atoms with Crippen molar-refractivity contribution in [1.82, 2.24) is 5.32 Å². The molecule has 0 saturated heterocycles. The third-order valence-electron chi connectivity index (χ3n) is 6.87. The molecule has 1 N–H and O–H groups in total. The lowest BCUT2D eigenvalue weighted by Crippen LogP contribution is -2.48. The molecule has 1 fully saturated rings. The molecule has 1 amide bonds. The van der Waals surface area contributed by atoms with Crippen molar-refractivity contribution in [3.8, 4) is 11.5 Å². The van der Waals surface area contributed by atoms with Crippen molar-refractivity contribution in [1.29, 1.82) is 0 Å². The van der Waals surface area contributed by atoms with E-state index in [4.69, 9.17) is 0 Å². The SMILES string of the molecule is O=C(NCC(Cc1ccccc1)(c1cccc(OC(F)(F)F)c1)c1cccc(OC(F)(F)F)c1)C1(C(F)(F)F)CC1. The summed E-state index contributed by atoms with van der Waals surface area (Å²) < 4.78 is 127. The van der Waals surface area contributed by atoms with E-state index in [0.717, 1.165) is 24.3 Å². The smallest absolute Gasteiger partial charge is 0.406 e. The summed E-state index contributed by atoms with van der Waals surface area (Å²) in [6, 6.07) is 17.2. The molecule has 1 saturated carbocycles. The maximum atomic E-state index is 13.7. The Kier molecular flexibility index (Phi) is 7.94. The molecule has 3 aromatic rings. The van der Waals surface area contributed by atoms with Crippen molar-refractivity contribution in [3.05, 3.63) is 95.6 Å². The Balaban J connectivity index is 1.88. The van der Waals surface area contributed by atoms with Crippen LogP contribution in [0.1, 0.15) is 29.5 Å². The van der Waals surface area contributed by atoms with Crippen molar-refractivity contribution in [3.63, 3.8) is 0 Å². The van der Waals surface area contributed by atoms with Gasteiger partial charge in [-0.1, -0.05) is 54.6 Å². The Morgan fingerprint density at radius 3 is 1.61 bits per heavy atom. The number of nitrogens with one attached hydrogen (secondary N) is 1. The minimum absolute atomic E-state index is 0.0319. The summed E-state index contributed by atoms with van der Waals surface area (Å²) in [6.45, 7) is -0.608. The van der Waals surface area contributed by atoms with Crippen molar-refractivity contribution in [2.75, 3.05) is 6.54 Å². The van der Waals surface area contributed by atoms with Crippen molar-refractivity contribution >= 4 is 5.91 Å². The Labute approximate surface area is 228 Å². The highest BCUT2D eigenvalue weighted by Crippen LogP contribution is 2.57. The summed E-state index contributed by atoms with van der Waals surface area (Å²) in [6.07, 6.45) is -16.0. The monoisotopic (exact) mass is 591 g/mol. The number of rotatable bonds is 9. The molecule has 0 spiro atoms. The van der Waals surface area contributed by atoms with Gasteiger partial charge in [0.05, 0.1) is 0 Å². The van der Waals surface area contributed by atoms with E-state index in [1.54, 1.807) is 30.3 Å². The van der Waals surface area contributed by atoms with Crippen LogP contribution in [0.25, 0.3) is 0 Å². The van der Waals surface area contributed by atoms with Crippen LogP contribution in [0.3, 0.4) is 0 Å². The van der Waals surface area contributed by atoms with Crippen LogP contribution in [-0.4, -0.2) is 31.4 Å². The van der Waals surface area contributed by atoms with Crippen molar-refractivity contribution in [2.24, 2.45) is 5.41 Å². The van der Waals surface area contributed by atoms with Gasteiger partial charge in [-0.15, -0.1) is 26.3 Å². The largest absolute Gasteiger partial charge is 0.573 e. The molecular formula is C28H22F9NO3. The van der Waals surface area contributed by atoms with E-state index in [0.29, 0.717) is 5.56 Å². The zero-order valence-corrected chi connectivity index (χ0v) is 21.0. The van der Waals surface area contributed by atoms with Crippen LogP contribution in [0, 0.1) is 5.41 Å². The average Bonchev–Trinajstić information content (AvgIpc) is 3.68. The molecule has 41 heavy (non-hydrogen) atoms. The molecule has 0 aromatic heterocycles. The Hall–Kier alpha value is -3.90. The number of carbonyl (C=O) groups excluding carboxylic acids is 1. The van der Waals surface area contributed by atoms with E-state index < -0.39 is 66.5 Å². The van der Waals surface area contributed by atoms with E-state index in [9.17, 15) is 44.3 Å². The summed E-state index contributed by atoms with van der Waals surface area (Å²) in [7, 11) is 0. The van der Waals surface area contributed by atoms with Gasteiger partial charge in [-0.2, -0.15) is 13.2 Å². The van der Waals surface area contributed by atoms with E-state index in [1.165, 1.54) is 24.3 Å². The van der Waals surface area contributed by atoms with Crippen LogP contribution in [0.2, 0.25) is 0 Å². The van der Waals surface area contributed by atoms with Gasteiger partial charge < -0.3 is 14.8 Å². The number of ether oxygens (including phenoxy) is 2. The van der Waals surface area contributed by atoms with Gasteiger partial charge in [0, 0.05) is 12.0 Å². The van der Waals surface area contributed by atoms with Gasteiger partial charge in [-0.3, -0.25) is 4.79 Å². The average molecular weight is 591 g/mol. The number of hydrogen-bond donors (Lipinski definition) is 1. The topological polar surface area (TPSA) is 47.6 Å². The van der Waals surface area contributed by atoms with Crippen LogP contribution >= 0.6 is 0 Å². The molecule has 13 heteroatoms. The fraction of sp³-hybridized carbons (Fsp3) is 0.321. The first-order chi connectivity index (χ1) is 19.0. The molecule has 0 unspecified atom stereocenters. The predicted molar refractivity (Wildman–Crippen MR) is 128 cm³/mol. The normalized spacial score (nSPS) is 15.2. The summed E-state index contributed by atoms with van der Waals surface area (Å²) in [5.41, 5.74) is -3.69. The molecule has 0 bridgehead atoms. The number of alkyl halides is 9. The summed E-state index contributed by atoms with van der Waals surface area (Å²) >= 11 is 0. The molecule has 0 atom stereocenters. The fourth-order valence-electron chi connectivity index (χ4n) is 4.73. The predicted octanol–water partition coefficient (Wildman–Crippen LogP) is 7.47. The van der Waals surface area contributed by atoms with Gasteiger partial charge in [-0.25, -0.2) is 0 Å². The first-order valence-electron chi connectivity index (χ1n) is 12.1. The van der Waals surface area contributed by atoms with Gasteiger partial charge in [-0.05, 0) is 60.2 Å². The summed E-state index contributed by atoms with van der Waals surface area (Å²) in [5, 5.41) is 2.30. The zero-order valence-electron chi connectivity index (χ0n) is 21.0. The number of benzene rings is 3. The highest BCUT2D eigenvalue weighted by molar-refractivity contribution is 5.86. The van der Waals surface area contributed by atoms with Gasteiger partial charge in [0.15, 0.2) is 0 Å². The first-order valence-corrected chi connectivity index (χ1v) is 12.1. The van der Waals surface area contributed by atoms with E-state index >= 15 is 0 Å². The molecule has 0 aliphatic heterocycles. The highest BCUT2D eigenvalue weighted by Gasteiger charge is 2.68. The number of carbonyl (C=O) groups is 1. The quantitative estimate of drug-likeness (QED) is 0.263. The van der Waals surface area contributed by atoms with Crippen LogP contribution in [0.5, 0.6) is 11.5 Å². The Morgan fingerprint density at radius 2 is 1.20 bits per heavy atom. The van der Waals surface area contributed by atoms with E-state index in [1.807, 2.05) is 0 Å². The van der Waals surface area contributed by atoms with E-state index in [2.05, 4.69) is 14.8 Å². The standard InChI is InChI=1S/C28H22F9NO3/c29-26(30,31)25(12-13-25)23(39)38-17-24(16-18-6-2-1-3-7-18,19-8-4-10-21(14-19)40-27(32,33)34)20-9-5-11-22(15-20)41-28(35,36)37/h1-11,14-15H,12-13,16-17H2,(H,38,39). The van der Waals surface area contributed by atoms with Gasteiger partial charge in [0.1, 0.15) is 16.9 Å². The molecule has 1 aliphatic carbocycles. The second-order valence-electron chi connectivity index (χ2n) is 9.66. The second kappa shape index (κ2) is 10.8. The molecule has 1 aliphatic rings. The van der Waals surface area contributed by atoms with Crippen molar-refractivity contribution < 1.29 is 53.8 Å². The number of hydrogen-bond acceptors (Lipinski definition) is 3. The molecule has 0 heterocycles. The molecule has 0 radical (unpaired) electrons. The van der Waals surface area contributed by atoms with Crippen LogP contribution in [0.15, 0.2) is 78.9 Å². The minimum Gasteiger partial charge on any atom is -0.406 e. The highest BCUT2D eigenvalue weighted by atomic mass is 19.4. The first kappa shape index (κ1) is 30.1. The minimum atomic E-state index is -5.08. The molecular weight excluding hydrogens is 569 g/mol. The third-order valence-corrected chi connectivity index (χ3v) is 6.87. The van der Waals surface area contributed by atoms with Crippen molar-refractivity contribution in [2.45, 2.75) is 43.6 Å². The van der Waals surface area contributed by atoms with Crippen LogP contribution in [0.4, 0.5) is 39.5 Å². The zero-order chi connectivity index (χ0) is 30.1. The molecule has 3 aromatic carbocycles. The van der Waals surface area contributed by atoms with Crippen LogP contribution < -0.4 is 14.8 Å². The number of amides is 1. The Bertz CT molecular complexity index is 1300.